The van der Waals surface area contributed by atoms with Gasteiger partial charge in [0.15, 0.2) is 0 Å². The fourth-order valence-corrected chi connectivity index (χ4v) is 16.5. The predicted octanol–water partition coefficient (Wildman–Crippen LogP) is 17.5. The standard InChI is InChI=1S/C18H19N5O3.C16H18N4O3.C16H18N4O2S.C15H15BrN4O2.C15H15N5O4/c1-3-6-12-15(18(24)25-4-2)14(11-9-19-21-17(11)20-12)10-7-5-8-13-16(10)23-26-22-13;2*1-3-6-12-15(20(21)22)14(11-9-17-19-16(11)18-12)10-7-4-5-8-13(10)23-2;1-2-5-12-14(20(21)22)13(9-6-3-4-7-11(9)16)10-8-17-19-15(10)18-12;1-2-5-11-14(20(23)24)13(10-8-16-18-15(10)17-11)9-6-3-4-7-12(9)19(21)22/h5,7-9,14H,3-4,6H2,1-2H3,(H2,19,20,21);2*4-5,7-9,14H,3,6H2,1-2H3,(H2,17,18,19);3-4,6-8,13H,2,5H2,1H3,(H2,17,18,19);3-4,6-8,13H,2,5H2,1H3,(H2,16,17,18). The number of nitro groups is 5. The number of aromatic amines is 5. The average Bonchev–Trinajstić information content (AvgIpc) is 1.38. The molecule has 0 amide bonds. The Hall–Kier alpha value is -13.7. The molecule has 16 rings (SSSR count). The van der Waals surface area contributed by atoms with Crippen LogP contribution in [0.4, 0.5) is 34.8 Å². The van der Waals surface area contributed by atoms with E-state index in [9.17, 15) is 55.4 Å². The monoisotopic (exact) mass is 1690 g/mol. The Balaban J connectivity index is 0.000000136. The van der Waals surface area contributed by atoms with Gasteiger partial charge in [-0.25, -0.2) is 9.42 Å². The van der Waals surface area contributed by atoms with Crippen molar-refractivity contribution in [3.8, 4) is 5.75 Å². The number of carbonyl (C=O) groups is 1. The normalized spacial score (nSPS) is 16.7. The number of nitrogens with zero attached hydrogens (tertiary/aromatic N) is 12. The lowest BCUT2D eigenvalue weighted by molar-refractivity contribution is -0.431. The van der Waals surface area contributed by atoms with Gasteiger partial charge in [-0.2, -0.15) is 25.5 Å². The summed E-state index contributed by atoms with van der Waals surface area (Å²) in [5.41, 5.74) is 12.9. The number of H-pyrrole nitrogens is 5. The molecule has 0 saturated heterocycles. The summed E-state index contributed by atoms with van der Waals surface area (Å²) in [7, 11) is 1.57. The number of nitrogens with one attached hydrogen (secondary N) is 10. The number of esters is 1. The zero-order valence-electron chi connectivity index (χ0n) is 65.4. The van der Waals surface area contributed by atoms with Crippen molar-refractivity contribution < 1.29 is 43.5 Å². The van der Waals surface area contributed by atoms with E-state index >= 15 is 0 Å². The van der Waals surface area contributed by atoms with E-state index in [1.165, 1.54) is 12.3 Å². The van der Waals surface area contributed by atoms with Gasteiger partial charge in [0.25, 0.3) is 28.5 Å². The second kappa shape index (κ2) is 38.2. The van der Waals surface area contributed by atoms with Crippen LogP contribution in [-0.2, 0) is 9.53 Å². The molecule has 612 valence electrons. The first kappa shape index (κ1) is 83.8. The summed E-state index contributed by atoms with van der Waals surface area (Å²) in [6.45, 7) is 12.1. The van der Waals surface area contributed by atoms with Gasteiger partial charge in [0.1, 0.15) is 69.5 Å². The smallest absolute Gasteiger partial charge is 0.336 e. The van der Waals surface area contributed by atoms with Crippen LogP contribution in [0.15, 0.2) is 217 Å². The van der Waals surface area contributed by atoms with Gasteiger partial charge in [-0.3, -0.25) is 76.1 Å². The van der Waals surface area contributed by atoms with E-state index in [2.05, 4.69) is 111 Å². The maximum absolute atomic E-state index is 12.9. The molecule has 0 aliphatic carbocycles. The number of benzene rings is 5. The van der Waals surface area contributed by atoms with Gasteiger partial charge < -0.3 is 36.1 Å². The molecule has 0 spiro atoms. The summed E-state index contributed by atoms with van der Waals surface area (Å²) in [6.07, 6.45) is 17.2. The summed E-state index contributed by atoms with van der Waals surface area (Å²) in [5, 5.41) is 117. The van der Waals surface area contributed by atoms with E-state index in [1.54, 1.807) is 68.8 Å². The second-order valence-corrected chi connectivity index (χ2v) is 29.1. The molecule has 5 aliphatic rings. The van der Waals surface area contributed by atoms with Crippen LogP contribution in [0.5, 0.6) is 5.75 Å². The molecule has 10 N–H and O–H groups in total. The zero-order chi connectivity index (χ0) is 83.8. The Morgan fingerprint density at radius 1 is 0.424 bits per heavy atom. The maximum Gasteiger partial charge on any atom is 0.336 e. The lowest BCUT2D eigenvalue weighted by atomic mass is 9.81. The molecule has 5 aliphatic heterocycles. The average molecular weight is 1690 g/mol. The van der Waals surface area contributed by atoms with Gasteiger partial charge in [0.2, 0.25) is 0 Å². The van der Waals surface area contributed by atoms with E-state index in [-0.39, 0.29) is 60.7 Å². The summed E-state index contributed by atoms with van der Waals surface area (Å²) < 4.78 is 16.5. The van der Waals surface area contributed by atoms with Crippen molar-refractivity contribution in [2.24, 2.45) is 0 Å². The van der Waals surface area contributed by atoms with Crippen LogP contribution in [-0.4, -0.2) is 112 Å². The number of hydrogen-bond acceptors (Lipinski definition) is 27. The van der Waals surface area contributed by atoms with Crippen LogP contribution in [0.2, 0.25) is 0 Å². The number of para-hydroxylation sites is 2. The first-order valence-electron chi connectivity index (χ1n) is 38.1. The molecule has 118 heavy (non-hydrogen) atoms. The second-order valence-electron chi connectivity index (χ2n) is 27.4. The lowest BCUT2D eigenvalue weighted by Crippen LogP contribution is -2.25. The number of allylic oxidation sites excluding steroid dienone is 9. The van der Waals surface area contributed by atoms with E-state index in [0.717, 1.165) is 109 Å². The third-order valence-corrected chi connectivity index (χ3v) is 21.7. The van der Waals surface area contributed by atoms with E-state index in [1.807, 2.05) is 125 Å². The Kier molecular flexibility index (Phi) is 27.1. The summed E-state index contributed by atoms with van der Waals surface area (Å²) in [4.78, 5) is 70.6. The first-order valence-corrected chi connectivity index (χ1v) is 40.1. The molecule has 0 saturated carbocycles. The molecule has 6 aromatic heterocycles. The molecule has 0 radical (unpaired) electrons. The molecule has 5 atom stereocenters. The Labute approximate surface area is 686 Å². The van der Waals surface area contributed by atoms with Crippen LogP contribution in [0.1, 0.15) is 191 Å². The fourth-order valence-electron chi connectivity index (χ4n) is 15.3. The van der Waals surface area contributed by atoms with Crippen molar-refractivity contribution in [2.75, 3.05) is 46.6 Å². The maximum atomic E-state index is 12.9. The lowest BCUT2D eigenvalue weighted by Gasteiger charge is -2.28. The molecule has 38 heteroatoms. The molecule has 5 aromatic carbocycles. The molecule has 11 heterocycles. The van der Waals surface area contributed by atoms with Crippen molar-refractivity contribution >= 4 is 79.5 Å². The van der Waals surface area contributed by atoms with Crippen LogP contribution in [0, 0.1) is 50.6 Å². The quantitative estimate of drug-likeness (QED) is 0.0116. The van der Waals surface area contributed by atoms with Crippen molar-refractivity contribution in [3.63, 3.8) is 0 Å². The minimum atomic E-state index is -0.849. The SMILES string of the molecule is CCCC1=C(C(=O)OCC)C(c2cccc3nonc23)c2cn[nH]c2N1.CCCC1=C([N+](=O)[O-])C(c2ccccc2Br)c2cn[nH]c2N1.CCCC1=C([N+](=O)[O-])C(c2ccccc2OC)c2cn[nH]c2N1.CCCC1=C([N+](=O)[O-])C(c2ccccc2SC)c2cn[nH]c2N1.CCCC1=C([N+](=O)[O-])C(c2ccccc2[N+](=O)[O-])c2cn[nH]c2N1. The number of halogens is 1. The van der Waals surface area contributed by atoms with E-state index in [4.69, 9.17) is 14.1 Å². The number of nitro benzene ring substituents is 1. The molecular weight excluding hydrogens is 1600 g/mol. The number of fused-ring (bicyclic) bond motifs is 6. The van der Waals surface area contributed by atoms with Gasteiger partial charge in [-0.1, -0.05) is 168 Å². The number of hydrogen-bond donors (Lipinski definition) is 10. The minimum absolute atomic E-state index is 0.0694. The third kappa shape index (κ3) is 17.3. The van der Waals surface area contributed by atoms with Gasteiger partial charge in [0.05, 0.1) is 104 Å². The van der Waals surface area contributed by atoms with Crippen LogP contribution in [0.3, 0.4) is 0 Å². The molecular formula is C80H85BrN22O14S. The highest BCUT2D eigenvalue weighted by Crippen LogP contribution is 2.50. The Morgan fingerprint density at radius 3 is 1.21 bits per heavy atom. The topological polar surface area (TPSA) is 494 Å². The predicted molar refractivity (Wildman–Crippen MR) is 445 cm³/mol. The van der Waals surface area contributed by atoms with Crippen LogP contribution < -0.4 is 31.3 Å². The van der Waals surface area contributed by atoms with Crippen LogP contribution >= 0.6 is 27.7 Å². The van der Waals surface area contributed by atoms with Crippen molar-refractivity contribution in [2.45, 2.75) is 140 Å². The molecule has 0 fully saturated rings. The zero-order valence-corrected chi connectivity index (χ0v) is 67.8. The van der Waals surface area contributed by atoms with Gasteiger partial charge >= 0.3 is 5.97 Å². The number of anilines is 5. The van der Waals surface area contributed by atoms with Gasteiger partial charge in [-0.05, 0) is 96.6 Å². The highest BCUT2D eigenvalue weighted by molar-refractivity contribution is 9.10. The molecule has 5 unspecified atom stereocenters. The summed E-state index contributed by atoms with van der Waals surface area (Å²) in [5.74, 6) is 1.21. The Bertz CT molecular complexity index is 5590. The molecule has 0 bridgehead atoms. The van der Waals surface area contributed by atoms with E-state index in [0.29, 0.717) is 101 Å². The minimum Gasteiger partial charge on any atom is -0.496 e. The van der Waals surface area contributed by atoms with Crippen molar-refractivity contribution in [3.05, 3.63) is 314 Å². The largest absolute Gasteiger partial charge is 0.496 e. The first-order chi connectivity index (χ1) is 57.2. The highest BCUT2D eigenvalue weighted by atomic mass is 79.9. The number of carbonyl (C=O) groups excluding carboxylic acids is 1. The van der Waals surface area contributed by atoms with Crippen molar-refractivity contribution in [1.29, 1.82) is 0 Å². The number of ether oxygens (including phenoxy) is 2. The Morgan fingerprint density at radius 2 is 0.788 bits per heavy atom. The van der Waals surface area contributed by atoms with Gasteiger partial charge in [0, 0.05) is 60.1 Å². The summed E-state index contributed by atoms with van der Waals surface area (Å²) >= 11 is 5.11. The highest BCUT2D eigenvalue weighted by Gasteiger charge is 2.45. The van der Waals surface area contributed by atoms with Crippen molar-refractivity contribution in [1.82, 2.24) is 61.3 Å². The number of rotatable bonds is 24. The molecule has 36 nitrogen and oxygen atoms in total. The fraction of sp³-hybridized carbons (Fsp3) is 0.300. The number of aromatic nitrogens is 12. The van der Waals surface area contributed by atoms with Crippen LogP contribution in [0.25, 0.3) is 11.0 Å². The van der Waals surface area contributed by atoms with E-state index < -0.39 is 33.5 Å². The molecule has 11 aromatic rings. The summed E-state index contributed by atoms with van der Waals surface area (Å²) in [6, 6.07) is 34.5. The number of methoxy groups -OCH3 is 1. The van der Waals surface area contributed by atoms with Gasteiger partial charge in [-0.15, -0.1) is 11.8 Å². The third-order valence-electron chi connectivity index (χ3n) is 20.2. The number of thioether (sulfide) groups is 1.